The molecule has 2 aliphatic heterocycles. The number of rotatable bonds is 6. The molecule has 2 aliphatic rings. The summed E-state index contributed by atoms with van der Waals surface area (Å²) < 4.78 is 27.5. The van der Waals surface area contributed by atoms with Gasteiger partial charge in [0.15, 0.2) is 11.9 Å². The minimum Gasteiger partial charge on any atom is -0.486 e. The minimum atomic E-state index is -0.797. The van der Waals surface area contributed by atoms with Crippen molar-refractivity contribution in [1.82, 2.24) is 0 Å². The average Bonchev–Trinajstić information content (AvgIpc) is 3.34. The lowest BCUT2D eigenvalue weighted by molar-refractivity contribution is -0.174. The third kappa shape index (κ3) is 4.23. The van der Waals surface area contributed by atoms with E-state index in [9.17, 15) is 0 Å². The van der Waals surface area contributed by atoms with E-state index < -0.39 is 11.4 Å². The van der Waals surface area contributed by atoms with Crippen molar-refractivity contribution in [3.63, 3.8) is 0 Å². The number of benzene rings is 3. The molecule has 170 valence electrons. The molecule has 0 amide bonds. The molecule has 2 fully saturated rings. The van der Waals surface area contributed by atoms with E-state index in [2.05, 4.69) is 95.4 Å². The van der Waals surface area contributed by atoms with Crippen LogP contribution in [0.25, 0.3) is 0 Å². The van der Waals surface area contributed by atoms with Gasteiger partial charge in [0.25, 0.3) is 0 Å². The van der Waals surface area contributed by atoms with Crippen LogP contribution in [0.15, 0.2) is 101 Å². The second-order valence-corrected chi connectivity index (χ2v) is 9.40. The van der Waals surface area contributed by atoms with Crippen LogP contribution in [0.5, 0.6) is 0 Å². The third-order valence-electron chi connectivity index (χ3n) is 6.18. The van der Waals surface area contributed by atoms with Gasteiger partial charge in [-0.15, -0.1) is 0 Å². The highest BCUT2D eigenvalue weighted by molar-refractivity contribution is 14.1. The zero-order chi connectivity index (χ0) is 22.9. The highest BCUT2D eigenvalue weighted by Gasteiger charge is 2.54. The summed E-state index contributed by atoms with van der Waals surface area (Å²) in [5, 5.41) is 0. The molecule has 5 rings (SSSR count). The Bertz CT molecular complexity index is 1000. The van der Waals surface area contributed by atoms with Crippen LogP contribution in [0.2, 0.25) is 0 Å². The fourth-order valence-corrected chi connectivity index (χ4v) is 5.28. The van der Waals surface area contributed by atoms with Crippen molar-refractivity contribution >= 4 is 22.6 Å². The first-order valence-electron chi connectivity index (χ1n) is 11.2. The number of hydrogen-bond donors (Lipinski definition) is 0. The standard InChI is InChI=1S/C28H27IO4/c1-27(2)32-25-23(18-29)31-24(26(25)33-27)19-30-28(20-12-6-3-7-13-20,21-14-8-4-9-15-21)22-16-10-5-11-17-22/h3-18,24-26H,19H2,1-2H3/t24?,25-,26-/m1/s1. The van der Waals surface area contributed by atoms with Crippen molar-refractivity contribution in [3.8, 4) is 0 Å². The molecular formula is C28H27IO4. The average molecular weight is 554 g/mol. The van der Waals surface area contributed by atoms with E-state index in [1.54, 1.807) is 0 Å². The Kier molecular flexibility index (Phi) is 6.31. The van der Waals surface area contributed by atoms with Crippen molar-refractivity contribution in [2.24, 2.45) is 0 Å². The van der Waals surface area contributed by atoms with Crippen LogP contribution in [0.3, 0.4) is 0 Å². The number of fused-ring (bicyclic) bond motifs is 1. The predicted molar refractivity (Wildman–Crippen MR) is 136 cm³/mol. The normalized spacial score (nSPS) is 25.1. The van der Waals surface area contributed by atoms with Gasteiger partial charge in [-0.3, -0.25) is 0 Å². The Morgan fingerprint density at radius 2 is 1.30 bits per heavy atom. The summed E-state index contributed by atoms with van der Waals surface area (Å²) >= 11 is 2.20. The van der Waals surface area contributed by atoms with Gasteiger partial charge in [-0.1, -0.05) is 91.0 Å². The molecule has 2 saturated heterocycles. The van der Waals surface area contributed by atoms with Crippen LogP contribution in [0.1, 0.15) is 30.5 Å². The summed E-state index contributed by atoms with van der Waals surface area (Å²) in [6.07, 6.45) is -0.723. The Balaban J connectivity index is 1.56. The van der Waals surface area contributed by atoms with Crippen LogP contribution < -0.4 is 0 Å². The molecule has 0 spiro atoms. The number of hydrogen-bond acceptors (Lipinski definition) is 4. The van der Waals surface area contributed by atoms with Crippen molar-refractivity contribution < 1.29 is 18.9 Å². The van der Waals surface area contributed by atoms with Gasteiger partial charge in [0.1, 0.15) is 23.6 Å². The van der Waals surface area contributed by atoms with Crippen LogP contribution in [-0.4, -0.2) is 30.7 Å². The number of ether oxygens (including phenoxy) is 4. The SMILES string of the molecule is CC1(C)O[C@@H]2C(=CI)OC(COC(c3ccccc3)(c3ccccc3)c3ccccc3)[C@H]2O1. The molecule has 5 heteroatoms. The Hall–Kier alpha value is -2.19. The maximum Gasteiger partial charge on any atom is 0.164 e. The van der Waals surface area contributed by atoms with E-state index in [0.717, 1.165) is 22.4 Å². The van der Waals surface area contributed by atoms with E-state index >= 15 is 0 Å². The first-order valence-corrected chi connectivity index (χ1v) is 12.4. The van der Waals surface area contributed by atoms with Crippen LogP contribution in [0.4, 0.5) is 0 Å². The lowest BCUT2D eigenvalue weighted by Crippen LogP contribution is -2.39. The van der Waals surface area contributed by atoms with Gasteiger partial charge in [-0.05, 0) is 53.1 Å². The molecule has 3 atom stereocenters. The fraction of sp³-hybridized carbons (Fsp3) is 0.286. The van der Waals surface area contributed by atoms with Crippen LogP contribution in [-0.2, 0) is 24.5 Å². The Morgan fingerprint density at radius 3 is 1.76 bits per heavy atom. The molecule has 0 aromatic heterocycles. The van der Waals surface area contributed by atoms with Gasteiger partial charge in [0, 0.05) is 4.08 Å². The zero-order valence-corrected chi connectivity index (χ0v) is 20.8. The molecule has 0 aliphatic carbocycles. The van der Waals surface area contributed by atoms with E-state index in [4.69, 9.17) is 18.9 Å². The van der Waals surface area contributed by atoms with Gasteiger partial charge >= 0.3 is 0 Å². The van der Waals surface area contributed by atoms with Crippen molar-refractivity contribution in [2.75, 3.05) is 6.61 Å². The molecule has 1 unspecified atom stereocenters. The van der Waals surface area contributed by atoms with E-state index in [0.29, 0.717) is 6.61 Å². The third-order valence-corrected chi connectivity index (χ3v) is 6.79. The predicted octanol–water partition coefficient (Wildman–Crippen LogP) is 6.19. The first-order chi connectivity index (χ1) is 16.0. The zero-order valence-electron chi connectivity index (χ0n) is 18.7. The lowest BCUT2D eigenvalue weighted by atomic mass is 9.80. The molecular weight excluding hydrogens is 527 g/mol. The van der Waals surface area contributed by atoms with Crippen LogP contribution >= 0.6 is 22.6 Å². The van der Waals surface area contributed by atoms with E-state index in [1.807, 2.05) is 36.1 Å². The highest BCUT2D eigenvalue weighted by atomic mass is 127. The Labute approximate surface area is 208 Å². The van der Waals surface area contributed by atoms with Crippen molar-refractivity contribution in [2.45, 2.75) is 43.5 Å². The largest absolute Gasteiger partial charge is 0.486 e. The second-order valence-electron chi connectivity index (χ2n) is 8.78. The van der Waals surface area contributed by atoms with E-state index in [1.165, 1.54) is 0 Å². The summed E-state index contributed by atoms with van der Waals surface area (Å²) in [5.74, 6) is 0.141. The van der Waals surface area contributed by atoms with Crippen molar-refractivity contribution in [1.29, 1.82) is 0 Å². The summed E-state index contributed by atoms with van der Waals surface area (Å²) in [7, 11) is 0. The second kappa shape index (κ2) is 9.22. The topological polar surface area (TPSA) is 36.9 Å². The minimum absolute atomic E-state index is 0.218. The van der Waals surface area contributed by atoms with Gasteiger partial charge in [0.05, 0.1) is 6.61 Å². The van der Waals surface area contributed by atoms with Gasteiger partial charge < -0.3 is 18.9 Å². The summed E-state index contributed by atoms with van der Waals surface area (Å²) in [5.41, 5.74) is 2.38. The molecule has 3 aromatic carbocycles. The maximum atomic E-state index is 6.95. The molecule has 0 saturated carbocycles. The molecule has 0 N–H and O–H groups in total. The molecule has 4 nitrogen and oxygen atoms in total. The molecule has 0 bridgehead atoms. The maximum absolute atomic E-state index is 6.95. The molecule has 2 heterocycles. The summed E-state index contributed by atoms with van der Waals surface area (Å²) in [6.45, 7) is 4.22. The van der Waals surface area contributed by atoms with Gasteiger partial charge in [-0.25, -0.2) is 0 Å². The van der Waals surface area contributed by atoms with Crippen molar-refractivity contribution in [3.05, 3.63) is 118 Å². The monoisotopic (exact) mass is 554 g/mol. The van der Waals surface area contributed by atoms with Gasteiger partial charge in [0.2, 0.25) is 0 Å². The molecule has 0 radical (unpaired) electrons. The van der Waals surface area contributed by atoms with Gasteiger partial charge in [-0.2, -0.15) is 0 Å². The van der Waals surface area contributed by atoms with Crippen LogP contribution in [0, 0.1) is 0 Å². The lowest BCUT2D eigenvalue weighted by Gasteiger charge is -2.37. The summed E-state index contributed by atoms with van der Waals surface area (Å²) in [6, 6.07) is 31.1. The fourth-order valence-electron chi connectivity index (χ4n) is 4.78. The highest BCUT2D eigenvalue weighted by Crippen LogP contribution is 2.44. The molecule has 3 aromatic rings. The smallest absolute Gasteiger partial charge is 0.164 e. The Morgan fingerprint density at radius 1 is 0.818 bits per heavy atom. The molecule has 33 heavy (non-hydrogen) atoms. The van der Waals surface area contributed by atoms with E-state index in [-0.39, 0.29) is 18.3 Å². The summed E-state index contributed by atoms with van der Waals surface area (Å²) in [4.78, 5) is 0. The number of halogens is 1. The quantitative estimate of drug-likeness (QED) is 0.269. The first kappa shape index (κ1) is 22.6.